The Bertz CT molecular complexity index is 587. The summed E-state index contributed by atoms with van der Waals surface area (Å²) in [6.45, 7) is 4.65. The summed E-state index contributed by atoms with van der Waals surface area (Å²) >= 11 is 6.01. The molecule has 0 saturated carbocycles. The van der Waals surface area contributed by atoms with Gasteiger partial charge in [0.15, 0.2) is 5.82 Å². The van der Waals surface area contributed by atoms with Gasteiger partial charge in [0, 0.05) is 18.9 Å². The Morgan fingerprint density at radius 1 is 1.25 bits per heavy atom. The number of methoxy groups -OCH3 is 1. The van der Waals surface area contributed by atoms with Gasteiger partial charge in [-0.3, -0.25) is 0 Å². The zero-order valence-electron chi connectivity index (χ0n) is 11.9. The topological polar surface area (TPSA) is 47.0 Å². The zero-order chi connectivity index (χ0) is 14.5. The molecule has 0 bridgehead atoms. The predicted octanol–water partition coefficient (Wildman–Crippen LogP) is 4.14. The van der Waals surface area contributed by atoms with Gasteiger partial charge in [-0.15, -0.1) is 0 Å². The van der Waals surface area contributed by atoms with Crippen LogP contribution in [0.25, 0.3) is 0 Å². The van der Waals surface area contributed by atoms with E-state index in [4.69, 9.17) is 16.3 Å². The summed E-state index contributed by atoms with van der Waals surface area (Å²) < 4.78 is 5.04. The molecule has 1 heterocycles. The molecule has 1 aromatic carbocycles. The van der Waals surface area contributed by atoms with Crippen molar-refractivity contribution in [2.75, 3.05) is 12.4 Å². The third-order valence-corrected chi connectivity index (χ3v) is 3.05. The average molecular weight is 292 g/mol. The second-order valence-corrected chi connectivity index (χ2v) is 5.18. The number of hydrogen-bond acceptors (Lipinski definition) is 4. The third kappa shape index (κ3) is 3.68. The quantitative estimate of drug-likeness (QED) is 0.841. The van der Waals surface area contributed by atoms with E-state index in [0.717, 1.165) is 5.69 Å². The summed E-state index contributed by atoms with van der Waals surface area (Å²) in [4.78, 5) is 8.50. The number of benzene rings is 1. The predicted molar refractivity (Wildman–Crippen MR) is 81.6 cm³/mol. The summed E-state index contributed by atoms with van der Waals surface area (Å²) in [6.07, 6.45) is 0. The zero-order valence-corrected chi connectivity index (χ0v) is 12.6. The maximum atomic E-state index is 6.01. The van der Waals surface area contributed by atoms with Gasteiger partial charge < -0.3 is 10.1 Å². The summed E-state index contributed by atoms with van der Waals surface area (Å²) in [7, 11) is 1.60. The number of nitrogens with one attached hydrogen (secondary N) is 1. The van der Waals surface area contributed by atoms with E-state index < -0.39 is 0 Å². The summed E-state index contributed by atoms with van der Waals surface area (Å²) in [5, 5.41) is 3.70. The van der Waals surface area contributed by atoms with E-state index >= 15 is 0 Å². The van der Waals surface area contributed by atoms with Crippen molar-refractivity contribution in [3.8, 4) is 0 Å². The normalized spacial score (nSPS) is 10.8. The van der Waals surface area contributed by atoms with Crippen molar-refractivity contribution < 1.29 is 4.74 Å². The van der Waals surface area contributed by atoms with Crippen LogP contribution in [0.1, 0.15) is 31.2 Å². The Hall–Kier alpha value is -1.65. The van der Waals surface area contributed by atoms with E-state index in [1.54, 1.807) is 13.2 Å². The maximum Gasteiger partial charge on any atom is 0.158 e. The van der Waals surface area contributed by atoms with E-state index in [2.05, 4.69) is 35.2 Å². The van der Waals surface area contributed by atoms with Gasteiger partial charge in [0.25, 0.3) is 0 Å². The Morgan fingerprint density at radius 2 is 2.00 bits per heavy atom. The molecule has 0 spiro atoms. The van der Waals surface area contributed by atoms with Crippen LogP contribution in [0.15, 0.2) is 30.3 Å². The van der Waals surface area contributed by atoms with Gasteiger partial charge in [-0.2, -0.15) is 0 Å². The number of aromatic nitrogens is 2. The van der Waals surface area contributed by atoms with Crippen molar-refractivity contribution in [3.05, 3.63) is 46.9 Å². The number of anilines is 2. The molecule has 1 aromatic heterocycles. The first-order chi connectivity index (χ1) is 9.60. The van der Waals surface area contributed by atoms with Gasteiger partial charge in [-0.25, -0.2) is 9.97 Å². The van der Waals surface area contributed by atoms with Crippen molar-refractivity contribution in [1.29, 1.82) is 0 Å². The second kappa shape index (κ2) is 6.68. The van der Waals surface area contributed by atoms with Crippen molar-refractivity contribution >= 4 is 23.1 Å². The molecule has 0 unspecified atom stereocenters. The molecule has 0 radical (unpaired) electrons. The highest BCUT2D eigenvalue weighted by atomic mass is 35.5. The van der Waals surface area contributed by atoms with Gasteiger partial charge in [-0.1, -0.05) is 43.6 Å². The number of para-hydroxylation sites is 1. The molecule has 0 fully saturated rings. The van der Waals surface area contributed by atoms with Crippen LogP contribution in [-0.4, -0.2) is 17.1 Å². The first kappa shape index (κ1) is 14.8. The lowest BCUT2D eigenvalue weighted by Crippen LogP contribution is -2.03. The molecule has 0 aliphatic carbocycles. The van der Waals surface area contributed by atoms with Crippen LogP contribution in [0.4, 0.5) is 11.5 Å². The number of hydrogen-bond donors (Lipinski definition) is 1. The Kier molecular flexibility index (Phi) is 4.93. The van der Waals surface area contributed by atoms with E-state index in [0.29, 0.717) is 29.3 Å². The monoisotopic (exact) mass is 291 g/mol. The molecule has 0 aliphatic heterocycles. The molecule has 0 saturated heterocycles. The van der Waals surface area contributed by atoms with Crippen molar-refractivity contribution in [2.45, 2.75) is 26.4 Å². The number of ether oxygens (including phenoxy) is 1. The van der Waals surface area contributed by atoms with Gasteiger partial charge in [0.2, 0.25) is 0 Å². The number of nitrogens with zero attached hydrogens (tertiary/aromatic N) is 2. The number of halogens is 1. The van der Waals surface area contributed by atoms with E-state index in [-0.39, 0.29) is 0 Å². The lowest BCUT2D eigenvalue weighted by molar-refractivity contribution is 0.178. The minimum absolute atomic E-state index is 0.334. The minimum atomic E-state index is 0.334. The number of rotatable bonds is 5. The SMILES string of the molecule is COCc1nc(Cl)cc(Nc2ccccc2C(C)C)n1. The average Bonchev–Trinajstić information content (AvgIpc) is 2.38. The molecule has 0 amide bonds. The molecule has 0 atom stereocenters. The molecule has 2 aromatic rings. The van der Waals surface area contributed by atoms with Crippen LogP contribution in [-0.2, 0) is 11.3 Å². The highest BCUT2D eigenvalue weighted by Gasteiger charge is 2.08. The Morgan fingerprint density at radius 3 is 2.70 bits per heavy atom. The van der Waals surface area contributed by atoms with Gasteiger partial charge in [-0.05, 0) is 17.5 Å². The third-order valence-electron chi connectivity index (χ3n) is 2.86. The van der Waals surface area contributed by atoms with Crippen LogP contribution < -0.4 is 5.32 Å². The van der Waals surface area contributed by atoms with Crippen molar-refractivity contribution in [1.82, 2.24) is 9.97 Å². The van der Waals surface area contributed by atoms with E-state index in [1.807, 2.05) is 18.2 Å². The summed E-state index contributed by atoms with van der Waals surface area (Å²) in [5.41, 5.74) is 2.26. The highest BCUT2D eigenvalue weighted by molar-refractivity contribution is 6.29. The van der Waals surface area contributed by atoms with Gasteiger partial charge >= 0.3 is 0 Å². The molecule has 0 aliphatic rings. The molecular weight excluding hydrogens is 274 g/mol. The molecule has 5 heteroatoms. The fourth-order valence-electron chi connectivity index (χ4n) is 1.97. The van der Waals surface area contributed by atoms with Crippen LogP contribution in [0.2, 0.25) is 5.15 Å². The lowest BCUT2D eigenvalue weighted by Gasteiger charge is -2.14. The summed E-state index contributed by atoms with van der Waals surface area (Å²) in [5.74, 6) is 1.66. The minimum Gasteiger partial charge on any atom is -0.377 e. The van der Waals surface area contributed by atoms with Crippen LogP contribution in [0.5, 0.6) is 0 Å². The van der Waals surface area contributed by atoms with Gasteiger partial charge in [0.1, 0.15) is 17.6 Å². The molecule has 20 heavy (non-hydrogen) atoms. The standard InChI is InChI=1S/C15H18ClN3O/c1-10(2)11-6-4-5-7-12(11)17-14-8-13(16)18-15(19-14)9-20-3/h4-8,10H,9H2,1-3H3,(H,17,18,19). The first-order valence-electron chi connectivity index (χ1n) is 6.48. The van der Waals surface area contributed by atoms with Crippen LogP contribution >= 0.6 is 11.6 Å². The fourth-order valence-corrected chi connectivity index (χ4v) is 2.18. The van der Waals surface area contributed by atoms with Crippen molar-refractivity contribution in [3.63, 3.8) is 0 Å². The fraction of sp³-hybridized carbons (Fsp3) is 0.333. The van der Waals surface area contributed by atoms with Crippen molar-refractivity contribution in [2.24, 2.45) is 0 Å². The van der Waals surface area contributed by atoms with E-state index in [1.165, 1.54) is 5.56 Å². The first-order valence-corrected chi connectivity index (χ1v) is 6.86. The highest BCUT2D eigenvalue weighted by Crippen LogP contribution is 2.26. The van der Waals surface area contributed by atoms with E-state index in [9.17, 15) is 0 Å². The molecule has 106 valence electrons. The molecule has 2 rings (SSSR count). The second-order valence-electron chi connectivity index (χ2n) is 4.79. The summed E-state index contributed by atoms with van der Waals surface area (Å²) in [6, 6.07) is 9.86. The smallest absolute Gasteiger partial charge is 0.158 e. The maximum absolute atomic E-state index is 6.01. The molecule has 4 nitrogen and oxygen atoms in total. The van der Waals surface area contributed by atoms with Crippen LogP contribution in [0, 0.1) is 0 Å². The Labute approximate surface area is 124 Å². The molecule has 1 N–H and O–H groups in total. The largest absolute Gasteiger partial charge is 0.377 e. The van der Waals surface area contributed by atoms with Crippen LogP contribution in [0.3, 0.4) is 0 Å². The Balaban J connectivity index is 2.30. The van der Waals surface area contributed by atoms with Gasteiger partial charge in [0.05, 0.1) is 0 Å². The lowest BCUT2D eigenvalue weighted by atomic mass is 10.0. The molecular formula is C15H18ClN3O.